The van der Waals surface area contributed by atoms with Gasteiger partial charge in [-0.2, -0.15) is 13.2 Å². The Kier molecular flexibility index (Phi) is 4.27. The Morgan fingerprint density at radius 2 is 1.76 bits per heavy atom. The molecule has 3 aromatic rings. The molecule has 6 heteroatoms. The van der Waals surface area contributed by atoms with Gasteiger partial charge in [0.15, 0.2) is 0 Å². The van der Waals surface area contributed by atoms with Crippen molar-refractivity contribution in [2.24, 2.45) is 0 Å². The normalized spacial score (nSPS) is 12.0. The molecule has 1 aromatic heterocycles. The molecule has 0 bridgehead atoms. The van der Waals surface area contributed by atoms with E-state index in [2.05, 4.69) is 4.98 Å². The third-order valence-corrected chi connectivity index (χ3v) is 3.63. The summed E-state index contributed by atoms with van der Waals surface area (Å²) in [5.41, 5.74) is 0.558. The smallest absolute Gasteiger partial charge is 0.416 e. The summed E-state index contributed by atoms with van der Waals surface area (Å²) in [6.07, 6.45) is -1.45. The van der Waals surface area contributed by atoms with E-state index in [9.17, 15) is 23.1 Å². The number of aromatic carboxylic acids is 1. The van der Waals surface area contributed by atoms with Gasteiger partial charge < -0.3 is 5.11 Å². The Hall–Kier alpha value is -3.15. The number of nitrogens with zero attached hydrogens (tertiary/aromatic N) is 1. The number of carboxylic acids is 1. The first-order valence-corrected chi connectivity index (χ1v) is 7.33. The topological polar surface area (TPSA) is 50.2 Å². The summed E-state index contributed by atoms with van der Waals surface area (Å²) < 4.78 is 38.2. The highest BCUT2D eigenvalue weighted by atomic mass is 19.4. The molecule has 0 aliphatic heterocycles. The fourth-order valence-electron chi connectivity index (χ4n) is 2.46. The molecule has 126 valence electrons. The first-order valence-electron chi connectivity index (χ1n) is 7.33. The molecule has 0 saturated carbocycles. The van der Waals surface area contributed by atoms with Gasteiger partial charge in [-0.3, -0.25) is 0 Å². The predicted molar refractivity (Wildman–Crippen MR) is 89.1 cm³/mol. The van der Waals surface area contributed by atoms with Crippen molar-refractivity contribution in [3.8, 4) is 0 Å². The van der Waals surface area contributed by atoms with Gasteiger partial charge in [0.25, 0.3) is 0 Å². The van der Waals surface area contributed by atoms with Crippen molar-refractivity contribution in [2.45, 2.75) is 6.18 Å². The van der Waals surface area contributed by atoms with E-state index >= 15 is 0 Å². The third kappa shape index (κ3) is 3.68. The number of aromatic nitrogens is 1. The van der Waals surface area contributed by atoms with Gasteiger partial charge in [-0.05, 0) is 35.9 Å². The molecule has 0 atom stereocenters. The standard InChI is InChI=1S/C19H12F3NO2/c20-19(21,22)13-5-3-4-12(10-13)8-9-14-11-16(18(24)25)15-6-1-2-7-17(15)23-14/h1-11H,(H,24,25). The monoisotopic (exact) mass is 343 g/mol. The first-order chi connectivity index (χ1) is 11.8. The molecule has 0 spiro atoms. The Bertz CT molecular complexity index is 978. The zero-order chi connectivity index (χ0) is 18.0. The van der Waals surface area contributed by atoms with Crippen LogP contribution in [-0.4, -0.2) is 16.1 Å². The van der Waals surface area contributed by atoms with Crippen LogP contribution in [0.4, 0.5) is 13.2 Å². The van der Waals surface area contributed by atoms with Crippen molar-refractivity contribution in [2.75, 3.05) is 0 Å². The fraction of sp³-hybridized carbons (Fsp3) is 0.0526. The summed E-state index contributed by atoms with van der Waals surface area (Å²) >= 11 is 0. The summed E-state index contributed by atoms with van der Waals surface area (Å²) in [5, 5.41) is 9.85. The van der Waals surface area contributed by atoms with Crippen LogP contribution in [0.2, 0.25) is 0 Å². The molecule has 3 nitrogen and oxygen atoms in total. The van der Waals surface area contributed by atoms with Crippen LogP contribution < -0.4 is 0 Å². The average Bonchev–Trinajstić information content (AvgIpc) is 2.58. The zero-order valence-electron chi connectivity index (χ0n) is 12.8. The molecule has 0 aliphatic rings. The van der Waals surface area contributed by atoms with Crippen LogP contribution in [0.15, 0.2) is 54.6 Å². The average molecular weight is 343 g/mol. The maximum absolute atomic E-state index is 12.7. The lowest BCUT2D eigenvalue weighted by Crippen LogP contribution is -2.04. The highest BCUT2D eigenvalue weighted by molar-refractivity contribution is 6.03. The van der Waals surface area contributed by atoms with E-state index in [0.29, 0.717) is 22.2 Å². The van der Waals surface area contributed by atoms with Crippen LogP contribution in [0.5, 0.6) is 0 Å². The number of halogens is 3. The van der Waals surface area contributed by atoms with Crippen LogP contribution in [0.3, 0.4) is 0 Å². The molecule has 3 rings (SSSR count). The van der Waals surface area contributed by atoms with Crippen LogP contribution in [0, 0.1) is 0 Å². The van der Waals surface area contributed by atoms with E-state index in [1.54, 1.807) is 24.3 Å². The number of pyridine rings is 1. The molecule has 0 saturated heterocycles. The second-order valence-corrected chi connectivity index (χ2v) is 5.37. The maximum Gasteiger partial charge on any atom is 0.416 e. The molecule has 1 heterocycles. The largest absolute Gasteiger partial charge is 0.478 e. The Morgan fingerprint density at radius 3 is 2.48 bits per heavy atom. The number of hydrogen-bond donors (Lipinski definition) is 1. The molecular formula is C19H12F3NO2. The van der Waals surface area contributed by atoms with Gasteiger partial charge in [-0.1, -0.05) is 36.4 Å². The number of rotatable bonds is 3. The predicted octanol–water partition coefficient (Wildman–Crippen LogP) is 5.12. The second kappa shape index (κ2) is 6.39. The number of benzene rings is 2. The van der Waals surface area contributed by atoms with Crippen LogP contribution in [-0.2, 0) is 6.18 Å². The van der Waals surface area contributed by atoms with Crippen LogP contribution in [0.25, 0.3) is 23.1 Å². The van der Waals surface area contributed by atoms with Gasteiger partial charge in [-0.25, -0.2) is 9.78 Å². The molecule has 25 heavy (non-hydrogen) atoms. The van der Waals surface area contributed by atoms with Crippen molar-refractivity contribution in [1.29, 1.82) is 0 Å². The van der Waals surface area contributed by atoms with Crippen molar-refractivity contribution in [3.63, 3.8) is 0 Å². The van der Waals surface area contributed by atoms with Crippen LogP contribution in [0.1, 0.15) is 27.2 Å². The fourth-order valence-corrected chi connectivity index (χ4v) is 2.46. The minimum Gasteiger partial charge on any atom is -0.478 e. The Labute approximate surface area is 141 Å². The molecule has 1 N–H and O–H groups in total. The summed E-state index contributed by atoms with van der Waals surface area (Å²) in [4.78, 5) is 15.8. The van der Waals surface area contributed by atoms with Gasteiger partial charge in [0, 0.05) is 5.39 Å². The molecule has 0 fully saturated rings. The van der Waals surface area contributed by atoms with Gasteiger partial charge in [0.05, 0.1) is 22.3 Å². The van der Waals surface area contributed by atoms with E-state index in [1.807, 2.05) is 0 Å². The summed E-state index contributed by atoms with van der Waals surface area (Å²) in [6, 6.07) is 13.1. The van der Waals surface area contributed by atoms with Crippen LogP contribution >= 0.6 is 0 Å². The van der Waals surface area contributed by atoms with E-state index in [0.717, 1.165) is 12.1 Å². The number of fused-ring (bicyclic) bond motifs is 1. The molecule has 0 unspecified atom stereocenters. The third-order valence-electron chi connectivity index (χ3n) is 3.63. The van der Waals surface area contributed by atoms with Gasteiger partial charge in [0.2, 0.25) is 0 Å². The second-order valence-electron chi connectivity index (χ2n) is 5.37. The number of alkyl halides is 3. The van der Waals surface area contributed by atoms with E-state index in [1.165, 1.54) is 30.4 Å². The SMILES string of the molecule is O=C(O)c1cc(C=Cc2cccc(C(F)(F)F)c2)nc2ccccc12. The Morgan fingerprint density at radius 1 is 1.00 bits per heavy atom. The lowest BCUT2D eigenvalue weighted by atomic mass is 10.1. The lowest BCUT2D eigenvalue weighted by molar-refractivity contribution is -0.137. The summed E-state index contributed by atoms with van der Waals surface area (Å²) in [6.45, 7) is 0. The van der Waals surface area contributed by atoms with E-state index < -0.39 is 17.7 Å². The van der Waals surface area contributed by atoms with Crippen molar-refractivity contribution in [3.05, 3.63) is 77.0 Å². The molecular weight excluding hydrogens is 331 g/mol. The number of carbonyl (C=O) groups is 1. The number of hydrogen-bond acceptors (Lipinski definition) is 2. The molecule has 2 aromatic carbocycles. The molecule has 0 amide bonds. The minimum atomic E-state index is -4.42. The molecule has 0 aliphatic carbocycles. The molecule has 0 radical (unpaired) electrons. The van der Waals surface area contributed by atoms with Gasteiger partial charge in [0.1, 0.15) is 0 Å². The van der Waals surface area contributed by atoms with Gasteiger partial charge in [-0.15, -0.1) is 0 Å². The maximum atomic E-state index is 12.7. The highest BCUT2D eigenvalue weighted by Crippen LogP contribution is 2.30. The lowest BCUT2D eigenvalue weighted by Gasteiger charge is -2.07. The minimum absolute atomic E-state index is 0.0919. The number of para-hydroxylation sites is 1. The first kappa shape index (κ1) is 16.7. The quantitative estimate of drug-likeness (QED) is 0.718. The number of carboxylic acid groups (broad SMARTS) is 1. The summed E-state index contributed by atoms with van der Waals surface area (Å²) in [7, 11) is 0. The van der Waals surface area contributed by atoms with E-state index in [4.69, 9.17) is 0 Å². The van der Waals surface area contributed by atoms with E-state index in [-0.39, 0.29) is 5.56 Å². The Balaban J connectivity index is 2.01. The van der Waals surface area contributed by atoms with Crippen molar-refractivity contribution < 1.29 is 23.1 Å². The van der Waals surface area contributed by atoms with Gasteiger partial charge >= 0.3 is 12.1 Å². The summed E-state index contributed by atoms with van der Waals surface area (Å²) in [5.74, 6) is -1.09. The zero-order valence-corrected chi connectivity index (χ0v) is 12.8. The highest BCUT2D eigenvalue weighted by Gasteiger charge is 2.30. The van der Waals surface area contributed by atoms with Crippen molar-refractivity contribution in [1.82, 2.24) is 4.98 Å². The van der Waals surface area contributed by atoms with Crippen molar-refractivity contribution >= 4 is 29.0 Å².